The number of hydrogen-bond acceptors (Lipinski definition) is 8. The summed E-state index contributed by atoms with van der Waals surface area (Å²) in [5, 5.41) is 28.7. The van der Waals surface area contributed by atoms with Crippen molar-refractivity contribution < 1.29 is 34.0 Å². The fourth-order valence-electron chi connectivity index (χ4n) is 7.50. The number of fused-ring (bicyclic) bond motifs is 1. The predicted molar refractivity (Wildman–Crippen MR) is 198 cm³/mol. The van der Waals surface area contributed by atoms with Crippen molar-refractivity contribution in [2.75, 3.05) is 39.5 Å². The molecule has 0 bridgehead atoms. The summed E-state index contributed by atoms with van der Waals surface area (Å²) < 4.78 is 16.9. The molecule has 2 amide bonds. The number of ether oxygens (including phenoxy) is 3. The van der Waals surface area contributed by atoms with Gasteiger partial charge < -0.3 is 35.1 Å². The molecular weight excluding hydrogens is 646 g/mol. The van der Waals surface area contributed by atoms with Gasteiger partial charge >= 0.3 is 6.09 Å². The highest BCUT2D eigenvalue weighted by Gasteiger charge is 2.35. The average molecular weight is 706 g/mol. The van der Waals surface area contributed by atoms with Gasteiger partial charge in [0.05, 0.1) is 37.5 Å². The Labute approximate surface area is 303 Å². The zero-order valence-electron chi connectivity index (χ0n) is 30.7. The van der Waals surface area contributed by atoms with Gasteiger partial charge in [-0.25, -0.2) is 4.79 Å². The van der Waals surface area contributed by atoms with E-state index in [0.717, 1.165) is 81.0 Å². The number of hydrogen-bond donors (Lipinski definition) is 4. The summed E-state index contributed by atoms with van der Waals surface area (Å²) in [4.78, 5) is 29.3. The van der Waals surface area contributed by atoms with E-state index in [1.807, 2.05) is 81.5 Å². The van der Waals surface area contributed by atoms with Crippen molar-refractivity contribution >= 4 is 18.1 Å². The maximum atomic E-state index is 14.0. The molecule has 2 aromatic rings. The molecule has 1 aliphatic heterocycles. The zero-order valence-corrected chi connectivity index (χ0v) is 30.7. The number of rotatable bonds is 15. The SMILES string of the molecule is CC(C)(C)OC(=O)NC(CC1CCCCC1)C(O)CC(C/C=C/c1ccc(OCCN2CCOCC2)cc1)C(=O)NC1c2ccccc2CC1O. The maximum absolute atomic E-state index is 14.0. The van der Waals surface area contributed by atoms with Crippen LogP contribution in [0.2, 0.25) is 0 Å². The van der Waals surface area contributed by atoms with E-state index in [2.05, 4.69) is 15.5 Å². The van der Waals surface area contributed by atoms with Gasteiger partial charge in [0.2, 0.25) is 5.91 Å². The van der Waals surface area contributed by atoms with Crippen LogP contribution in [0.15, 0.2) is 54.6 Å². The van der Waals surface area contributed by atoms with E-state index in [1.165, 1.54) is 6.42 Å². The summed E-state index contributed by atoms with van der Waals surface area (Å²) in [5.41, 5.74) is 2.23. The van der Waals surface area contributed by atoms with Crippen molar-refractivity contribution in [3.05, 3.63) is 71.3 Å². The number of morpholine rings is 1. The Morgan fingerprint density at radius 1 is 1.04 bits per heavy atom. The molecule has 0 radical (unpaired) electrons. The Kier molecular flexibility index (Phi) is 14.4. The summed E-state index contributed by atoms with van der Waals surface area (Å²) in [6, 6.07) is 14.6. The van der Waals surface area contributed by atoms with Gasteiger partial charge in [-0.3, -0.25) is 9.69 Å². The van der Waals surface area contributed by atoms with Gasteiger partial charge in [0.15, 0.2) is 0 Å². The Morgan fingerprint density at radius 2 is 1.76 bits per heavy atom. The molecule has 1 saturated heterocycles. The molecule has 2 aromatic carbocycles. The first-order valence-corrected chi connectivity index (χ1v) is 19.0. The summed E-state index contributed by atoms with van der Waals surface area (Å²) in [6.45, 7) is 10.3. The van der Waals surface area contributed by atoms with Crippen LogP contribution in [-0.2, 0) is 20.7 Å². The third kappa shape index (κ3) is 12.3. The first-order valence-electron chi connectivity index (χ1n) is 19.0. The highest BCUT2D eigenvalue weighted by Crippen LogP contribution is 2.33. The number of aliphatic hydroxyl groups is 2. The number of nitrogens with one attached hydrogen (secondary N) is 2. The van der Waals surface area contributed by atoms with E-state index in [-0.39, 0.29) is 12.3 Å². The lowest BCUT2D eigenvalue weighted by Gasteiger charge is -2.32. The molecule has 280 valence electrons. The quantitative estimate of drug-likeness (QED) is 0.183. The summed E-state index contributed by atoms with van der Waals surface area (Å²) in [5.74, 6) is 0.347. The minimum atomic E-state index is -0.974. The first-order chi connectivity index (χ1) is 24.5. The van der Waals surface area contributed by atoms with Crippen LogP contribution in [-0.4, -0.2) is 90.4 Å². The van der Waals surface area contributed by atoms with Crippen LogP contribution < -0.4 is 15.4 Å². The lowest BCUT2D eigenvalue weighted by molar-refractivity contribution is -0.127. The second-order valence-corrected chi connectivity index (χ2v) is 15.5. The molecule has 0 spiro atoms. The van der Waals surface area contributed by atoms with E-state index in [0.29, 0.717) is 31.8 Å². The van der Waals surface area contributed by atoms with Gasteiger partial charge in [0, 0.05) is 32.0 Å². The Hall–Kier alpha value is -3.44. The van der Waals surface area contributed by atoms with Crippen LogP contribution in [0.1, 0.15) is 94.9 Å². The summed E-state index contributed by atoms with van der Waals surface area (Å²) in [6.07, 6.45) is 8.89. The van der Waals surface area contributed by atoms with Crippen LogP contribution >= 0.6 is 0 Å². The van der Waals surface area contributed by atoms with Gasteiger partial charge in [0.25, 0.3) is 0 Å². The van der Waals surface area contributed by atoms with Gasteiger partial charge in [-0.1, -0.05) is 80.7 Å². The third-order valence-electron chi connectivity index (χ3n) is 10.3. The predicted octanol–water partition coefficient (Wildman–Crippen LogP) is 5.81. The Balaban J connectivity index is 1.26. The maximum Gasteiger partial charge on any atom is 0.407 e. The first kappa shape index (κ1) is 38.8. The highest BCUT2D eigenvalue weighted by atomic mass is 16.6. The zero-order chi connectivity index (χ0) is 36.2. The number of amides is 2. The van der Waals surface area contributed by atoms with E-state index in [9.17, 15) is 19.8 Å². The van der Waals surface area contributed by atoms with Gasteiger partial charge in [-0.05, 0) is 74.8 Å². The smallest absolute Gasteiger partial charge is 0.407 e. The molecule has 5 unspecified atom stereocenters. The van der Waals surface area contributed by atoms with Gasteiger partial charge in [0.1, 0.15) is 18.0 Å². The standard InChI is InChI=1S/C41H59N3O7/c1-41(2,3)51-40(48)42-35(26-30-10-5-4-6-11-30)36(45)28-32(39(47)43-38-34-15-8-7-13-31(34)27-37(38)46)14-9-12-29-16-18-33(19-17-29)50-25-22-44-20-23-49-24-21-44/h7-9,12-13,15-19,30,32,35-38,45-46H,4-6,10-11,14,20-28H2,1-3H3,(H,42,48)(H,43,47)/b12-9+. The second-order valence-electron chi connectivity index (χ2n) is 15.5. The topological polar surface area (TPSA) is 130 Å². The molecule has 1 heterocycles. The van der Waals surface area contributed by atoms with Gasteiger partial charge in [-0.2, -0.15) is 0 Å². The number of carbonyl (C=O) groups excluding carboxylic acids is 2. The number of nitrogens with zero attached hydrogens (tertiary/aromatic N) is 1. The number of allylic oxidation sites excluding steroid dienone is 1. The fraction of sp³-hybridized carbons (Fsp3) is 0.610. The van der Waals surface area contributed by atoms with Crippen molar-refractivity contribution in [3.8, 4) is 5.75 Å². The molecule has 2 aliphatic carbocycles. The number of carbonyl (C=O) groups is 2. The molecule has 2 fully saturated rings. The highest BCUT2D eigenvalue weighted by molar-refractivity contribution is 5.80. The van der Waals surface area contributed by atoms with Gasteiger partial charge in [-0.15, -0.1) is 0 Å². The Bertz CT molecular complexity index is 1410. The lowest BCUT2D eigenvalue weighted by atomic mass is 9.82. The number of alkyl carbamates (subject to hydrolysis) is 1. The largest absolute Gasteiger partial charge is 0.492 e. The van der Waals surface area contributed by atoms with E-state index < -0.39 is 41.9 Å². The van der Waals surface area contributed by atoms with E-state index in [1.54, 1.807) is 0 Å². The molecule has 51 heavy (non-hydrogen) atoms. The van der Waals surface area contributed by atoms with Crippen LogP contribution in [0.3, 0.4) is 0 Å². The van der Waals surface area contributed by atoms with Crippen molar-refractivity contribution in [3.63, 3.8) is 0 Å². The van der Waals surface area contributed by atoms with Crippen LogP contribution in [0.25, 0.3) is 6.08 Å². The second kappa shape index (κ2) is 18.9. The Morgan fingerprint density at radius 3 is 2.49 bits per heavy atom. The molecule has 10 nitrogen and oxygen atoms in total. The molecule has 1 saturated carbocycles. The molecule has 10 heteroatoms. The summed E-state index contributed by atoms with van der Waals surface area (Å²) >= 11 is 0. The molecule has 5 rings (SSSR count). The molecule has 0 aromatic heterocycles. The minimum Gasteiger partial charge on any atom is -0.492 e. The average Bonchev–Trinajstić information content (AvgIpc) is 3.42. The molecule has 4 N–H and O–H groups in total. The third-order valence-corrected chi connectivity index (χ3v) is 10.3. The summed E-state index contributed by atoms with van der Waals surface area (Å²) in [7, 11) is 0. The van der Waals surface area contributed by atoms with Crippen LogP contribution in [0.4, 0.5) is 4.79 Å². The number of aliphatic hydroxyl groups excluding tert-OH is 2. The van der Waals surface area contributed by atoms with Crippen molar-refractivity contribution in [1.29, 1.82) is 0 Å². The number of benzene rings is 2. The molecule has 5 atom stereocenters. The van der Waals surface area contributed by atoms with Crippen LogP contribution in [0, 0.1) is 11.8 Å². The van der Waals surface area contributed by atoms with Crippen molar-refractivity contribution in [2.24, 2.45) is 11.8 Å². The van der Waals surface area contributed by atoms with E-state index >= 15 is 0 Å². The van der Waals surface area contributed by atoms with Crippen molar-refractivity contribution in [2.45, 2.75) is 108 Å². The normalized spacial score (nSPS) is 21.8. The van der Waals surface area contributed by atoms with Crippen molar-refractivity contribution in [1.82, 2.24) is 15.5 Å². The lowest BCUT2D eigenvalue weighted by Crippen LogP contribution is -2.48. The minimum absolute atomic E-state index is 0.143. The monoisotopic (exact) mass is 705 g/mol. The fourth-order valence-corrected chi connectivity index (χ4v) is 7.50. The van der Waals surface area contributed by atoms with Crippen LogP contribution in [0.5, 0.6) is 5.75 Å². The molecular formula is C41H59N3O7. The molecule has 3 aliphatic rings. The van der Waals surface area contributed by atoms with E-state index in [4.69, 9.17) is 14.2 Å².